The van der Waals surface area contributed by atoms with Gasteiger partial charge in [-0.25, -0.2) is 9.59 Å². The van der Waals surface area contributed by atoms with Crippen LogP contribution in [-0.2, 0) is 9.47 Å². The molecule has 6 rings (SSSR count). The zero-order chi connectivity index (χ0) is 23.5. The van der Waals surface area contributed by atoms with Crippen molar-refractivity contribution < 1.29 is 19.1 Å². The van der Waals surface area contributed by atoms with E-state index in [1.165, 1.54) is 38.5 Å². The topological polar surface area (TPSA) is 52.6 Å². The first-order valence-electron chi connectivity index (χ1n) is 13.0. The normalized spacial score (nSPS) is 35.5. The van der Waals surface area contributed by atoms with Crippen LogP contribution >= 0.6 is 0 Å². The lowest BCUT2D eigenvalue weighted by Gasteiger charge is -2.33. The van der Waals surface area contributed by atoms with Crippen molar-refractivity contribution in [2.24, 2.45) is 23.7 Å². The molecule has 4 aliphatic carbocycles. The lowest BCUT2D eigenvalue weighted by atomic mass is 9.85. The molecule has 2 aromatic rings. The lowest BCUT2D eigenvalue weighted by Crippen LogP contribution is -2.37. The first-order valence-corrected chi connectivity index (χ1v) is 13.0. The van der Waals surface area contributed by atoms with Gasteiger partial charge in [-0.15, -0.1) is 0 Å². The predicted molar refractivity (Wildman–Crippen MR) is 130 cm³/mol. The molecule has 6 unspecified atom stereocenters. The maximum Gasteiger partial charge on any atom is 0.338 e. The van der Waals surface area contributed by atoms with Gasteiger partial charge in [0.15, 0.2) is 0 Å². The number of rotatable bonds is 5. The number of benzene rings is 2. The molecular weight excluding hydrogens is 424 g/mol. The van der Waals surface area contributed by atoms with E-state index in [2.05, 4.69) is 13.8 Å². The largest absolute Gasteiger partial charge is 0.455 e. The van der Waals surface area contributed by atoms with Gasteiger partial charge in [0, 0.05) is 0 Å². The van der Waals surface area contributed by atoms with Crippen LogP contribution in [-0.4, -0.2) is 23.1 Å². The van der Waals surface area contributed by atoms with E-state index in [-0.39, 0.29) is 23.1 Å². The van der Waals surface area contributed by atoms with Crippen LogP contribution in [0.15, 0.2) is 48.5 Å². The van der Waals surface area contributed by atoms with Gasteiger partial charge in [-0.1, -0.05) is 24.3 Å². The van der Waals surface area contributed by atoms with Gasteiger partial charge in [0.25, 0.3) is 0 Å². The van der Waals surface area contributed by atoms with Crippen LogP contribution in [0.1, 0.15) is 85.9 Å². The van der Waals surface area contributed by atoms with E-state index in [9.17, 15) is 9.59 Å². The third-order valence-electron chi connectivity index (χ3n) is 9.42. The Bertz CT molecular complexity index is 1010. The number of fused-ring (bicyclic) bond motifs is 4. The molecule has 4 nitrogen and oxygen atoms in total. The molecule has 4 bridgehead atoms. The highest BCUT2D eigenvalue weighted by atomic mass is 16.6. The standard InChI is InChI=1S/C30H34O4/c1-29(17-19-3-13-25(29)15-19)33-27(31)23-9-5-21(6-10-23)22-7-11-24(12-8-22)28(32)34-30(2)18-20-4-14-26(30)16-20/h5-12,19-20,25-26H,3-4,13-18H2,1-2H3. The highest BCUT2D eigenvalue weighted by Crippen LogP contribution is 2.53. The molecule has 34 heavy (non-hydrogen) atoms. The monoisotopic (exact) mass is 458 g/mol. The van der Waals surface area contributed by atoms with Crippen molar-refractivity contribution in [1.82, 2.24) is 0 Å². The molecule has 0 aromatic heterocycles. The average molecular weight is 459 g/mol. The fraction of sp³-hybridized carbons (Fsp3) is 0.533. The first kappa shape index (κ1) is 21.9. The molecule has 0 radical (unpaired) electrons. The van der Waals surface area contributed by atoms with E-state index in [0.717, 1.165) is 35.8 Å². The molecule has 0 heterocycles. The minimum absolute atomic E-state index is 0.228. The summed E-state index contributed by atoms with van der Waals surface area (Å²) in [5.41, 5.74) is 2.57. The van der Waals surface area contributed by atoms with Gasteiger partial charge in [-0.2, -0.15) is 0 Å². The van der Waals surface area contributed by atoms with Gasteiger partial charge < -0.3 is 9.47 Å². The van der Waals surface area contributed by atoms with Crippen molar-refractivity contribution in [2.45, 2.75) is 76.4 Å². The summed E-state index contributed by atoms with van der Waals surface area (Å²) in [7, 11) is 0. The summed E-state index contributed by atoms with van der Waals surface area (Å²) in [5.74, 6) is 2.01. The predicted octanol–water partition coefficient (Wildman–Crippen LogP) is 6.82. The number of carbonyl (C=O) groups is 2. The molecule has 2 aromatic carbocycles. The Kier molecular flexibility index (Phi) is 5.13. The summed E-state index contributed by atoms with van der Waals surface area (Å²) < 4.78 is 12.0. The van der Waals surface area contributed by atoms with E-state index >= 15 is 0 Å². The molecule has 4 fully saturated rings. The van der Waals surface area contributed by atoms with Gasteiger partial charge in [-0.05, 0) is 124 Å². The Morgan fingerprint density at radius 3 is 1.32 bits per heavy atom. The summed E-state index contributed by atoms with van der Waals surface area (Å²) in [6.45, 7) is 4.21. The smallest absolute Gasteiger partial charge is 0.338 e. The summed E-state index contributed by atoms with van der Waals surface area (Å²) in [6, 6.07) is 15.1. The minimum Gasteiger partial charge on any atom is -0.455 e. The van der Waals surface area contributed by atoms with Gasteiger partial charge in [0.2, 0.25) is 0 Å². The van der Waals surface area contributed by atoms with Crippen LogP contribution in [0.4, 0.5) is 0 Å². The Morgan fingerprint density at radius 1 is 0.647 bits per heavy atom. The molecule has 6 atom stereocenters. The Morgan fingerprint density at radius 2 is 1.03 bits per heavy atom. The summed E-state index contributed by atoms with van der Waals surface area (Å²) in [5, 5.41) is 0. The second-order valence-corrected chi connectivity index (χ2v) is 11.7. The number of carbonyl (C=O) groups excluding carboxylic acids is 2. The first-order chi connectivity index (χ1) is 16.3. The number of hydrogen-bond donors (Lipinski definition) is 0. The number of esters is 2. The van der Waals surface area contributed by atoms with Crippen LogP contribution in [0.5, 0.6) is 0 Å². The van der Waals surface area contributed by atoms with Gasteiger partial charge in [0.05, 0.1) is 11.1 Å². The maximum atomic E-state index is 12.8. The zero-order valence-corrected chi connectivity index (χ0v) is 20.2. The Balaban J connectivity index is 1.10. The number of hydrogen-bond acceptors (Lipinski definition) is 4. The molecule has 0 N–H and O–H groups in total. The highest BCUT2D eigenvalue weighted by Gasteiger charge is 2.51. The molecule has 0 aliphatic heterocycles. The second kappa shape index (κ2) is 7.96. The quantitative estimate of drug-likeness (QED) is 0.461. The SMILES string of the molecule is CC1(OC(=O)c2ccc(-c3ccc(C(=O)OC4(C)CC5CCC4C5)cc3)cc2)CC2CCC1C2. The van der Waals surface area contributed by atoms with Crippen LogP contribution in [0.25, 0.3) is 11.1 Å². The molecule has 4 aliphatic rings. The Hall–Kier alpha value is -2.62. The molecule has 178 valence electrons. The third kappa shape index (κ3) is 3.76. The van der Waals surface area contributed by atoms with Gasteiger partial charge in [0.1, 0.15) is 11.2 Å². The average Bonchev–Trinajstić information content (AvgIpc) is 3.60. The molecule has 0 spiro atoms. The van der Waals surface area contributed by atoms with E-state index in [4.69, 9.17) is 9.47 Å². The lowest BCUT2D eigenvalue weighted by molar-refractivity contribution is -0.0379. The molecule has 0 amide bonds. The van der Waals surface area contributed by atoms with Crippen LogP contribution in [0.3, 0.4) is 0 Å². The molecular formula is C30H34O4. The van der Waals surface area contributed by atoms with Crippen molar-refractivity contribution >= 4 is 11.9 Å². The van der Waals surface area contributed by atoms with Crippen molar-refractivity contribution in [3.8, 4) is 11.1 Å². The maximum absolute atomic E-state index is 12.8. The van der Waals surface area contributed by atoms with E-state index in [1.54, 1.807) is 0 Å². The van der Waals surface area contributed by atoms with Crippen molar-refractivity contribution in [3.05, 3.63) is 59.7 Å². The third-order valence-corrected chi connectivity index (χ3v) is 9.42. The molecule has 4 heteroatoms. The zero-order valence-electron chi connectivity index (χ0n) is 20.2. The van der Waals surface area contributed by atoms with Crippen LogP contribution < -0.4 is 0 Å². The fourth-order valence-electron chi connectivity index (χ4n) is 7.50. The van der Waals surface area contributed by atoms with Crippen LogP contribution in [0.2, 0.25) is 0 Å². The highest BCUT2D eigenvalue weighted by molar-refractivity contribution is 5.91. The number of ether oxygens (including phenoxy) is 2. The van der Waals surface area contributed by atoms with Gasteiger partial charge >= 0.3 is 11.9 Å². The van der Waals surface area contributed by atoms with E-state index in [0.29, 0.717) is 23.0 Å². The fourth-order valence-corrected chi connectivity index (χ4v) is 7.50. The van der Waals surface area contributed by atoms with Crippen molar-refractivity contribution in [3.63, 3.8) is 0 Å². The molecule has 4 saturated carbocycles. The van der Waals surface area contributed by atoms with E-state index < -0.39 is 0 Å². The van der Waals surface area contributed by atoms with Crippen molar-refractivity contribution in [2.75, 3.05) is 0 Å². The van der Waals surface area contributed by atoms with Gasteiger partial charge in [-0.3, -0.25) is 0 Å². The summed E-state index contributed by atoms with van der Waals surface area (Å²) >= 11 is 0. The van der Waals surface area contributed by atoms with Crippen LogP contribution in [0, 0.1) is 23.7 Å². The second-order valence-electron chi connectivity index (χ2n) is 11.7. The molecule has 0 saturated heterocycles. The van der Waals surface area contributed by atoms with E-state index in [1.807, 2.05) is 48.5 Å². The summed E-state index contributed by atoms with van der Waals surface area (Å²) in [6.07, 6.45) is 9.31. The minimum atomic E-state index is -0.307. The van der Waals surface area contributed by atoms with Crippen molar-refractivity contribution in [1.29, 1.82) is 0 Å². The Labute approximate surface area is 202 Å². The summed E-state index contributed by atoms with van der Waals surface area (Å²) in [4.78, 5) is 25.6.